The van der Waals surface area contributed by atoms with Gasteiger partial charge in [0.25, 0.3) is 5.91 Å². The van der Waals surface area contributed by atoms with Gasteiger partial charge >= 0.3 is 0 Å². The fourth-order valence-corrected chi connectivity index (χ4v) is 3.44. The van der Waals surface area contributed by atoms with Gasteiger partial charge in [-0.05, 0) is 73.7 Å². The van der Waals surface area contributed by atoms with Gasteiger partial charge in [0.1, 0.15) is 0 Å². The number of hydrogen-bond donors (Lipinski definition) is 2. The summed E-state index contributed by atoms with van der Waals surface area (Å²) >= 11 is 0. The lowest BCUT2D eigenvalue weighted by Gasteiger charge is -2.14. The van der Waals surface area contributed by atoms with Crippen molar-refractivity contribution >= 4 is 23.2 Å². The van der Waals surface area contributed by atoms with E-state index in [1.165, 1.54) is 5.56 Å². The Kier molecular flexibility index (Phi) is 7.24. The number of aryl methyl sites for hydroxylation is 1. The van der Waals surface area contributed by atoms with Crippen LogP contribution >= 0.6 is 0 Å². The van der Waals surface area contributed by atoms with Gasteiger partial charge in [-0.3, -0.25) is 9.59 Å². The van der Waals surface area contributed by atoms with E-state index in [1.807, 2.05) is 44.2 Å². The number of anilines is 2. The van der Waals surface area contributed by atoms with Crippen LogP contribution in [0.4, 0.5) is 11.4 Å². The average Bonchev–Trinajstić information content (AvgIpc) is 2.74. The summed E-state index contributed by atoms with van der Waals surface area (Å²) in [5, 5.41) is 5.84. The van der Waals surface area contributed by atoms with Gasteiger partial charge in [0.15, 0.2) is 0 Å². The van der Waals surface area contributed by atoms with Gasteiger partial charge in [0.2, 0.25) is 5.91 Å². The molecule has 0 saturated heterocycles. The smallest absolute Gasteiger partial charge is 0.255 e. The van der Waals surface area contributed by atoms with Crippen molar-refractivity contribution in [2.45, 2.75) is 40.0 Å². The highest BCUT2D eigenvalue weighted by Gasteiger charge is 2.15. The number of rotatable bonds is 7. The lowest BCUT2D eigenvalue weighted by Crippen LogP contribution is -2.19. The van der Waals surface area contributed by atoms with Crippen molar-refractivity contribution in [2.75, 3.05) is 10.6 Å². The fraction of sp³-hybridized carbons (Fsp3) is 0.259. The molecule has 0 aliphatic heterocycles. The van der Waals surface area contributed by atoms with Crippen LogP contribution in [0.25, 0.3) is 0 Å². The molecule has 3 aromatic carbocycles. The molecule has 1 unspecified atom stereocenters. The first-order chi connectivity index (χ1) is 14.8. The Morgan fingerprint density at radius 1 is 0.806 bits per heavy atom. The summed E-state index contributed by atoms with van der Waals surface area (Å²) in [7, 11) is 0. The number of nitrogens with one attached hydrogen (secondary N) is 2. The molecule has 0 aliphatic carbocycles. The molecular weight excluding hydrogens is 384 g/mol. The van der Waals surface area contributed by atoms with E-state index in [4.69, 9.17) is 0 Å². The zero-order valence-corrected chi connectivity index (χ0v) is 18.6. The summed E-state index contributed by atoms with van der Waals surface area (Å²) in [6.45, 7) is 8.26. The zero-order chi connectivity index (χ0) is 22.4. The van der Waals surface area contributed by atoms with E-state index in [0.717, 1.165) is 17.5 Å². The van der Waals surface area contributed by atoms with E-state index in [-0.39, 0.29) is 17.7 Å². The Morgan fingerprint density at radius 2 is 1.42 bits per heavy atom. The van der Waals surface area contributed by atoms with Crippen molar-refractivity contribution in [3.63, 3.8) is 0 Å². The summed E-state index contributed by atoms with van der Waals surface area (Å²) in [6, 6.07) is 22.9. The molecule has 0 aliphatic rings. The van der Waals surface area contributed by atoms with Gasteiger partial charge < -0.3 is 10.6 Å². The quantitative estimate of drug-likeness (QED) is 0.484. The minimum absolute atomic E-state index is 0.0619. The Bertz CT molecular complexity index is 1040. The Hall–Kier alpha value is -3.40. The molecule has 0 saturated carbocycles. The molecule has 1 atom stereocenters. The van der Waals surface area contributed by atoms with Gasteiger partial charge in [-0.15, -0.1) is 0 Å². The van der Waals surface area contributed by atoms with Gasteiger partial charge in [0, 0.05) is 16.9 Å². The SMILES string of the molecule is Cc1cccc(C(=O)Nc2ccc(NC(=O)C(C)c3ccc(CC(C)C)cc3)cc2)c1. The monoisotopic (exact) mass is 414 g/mol. The van der Waals surface area contributed by atoms with Crippen LogP contribution in [0.1, 0.15) is 53.7 Å². The molecule has 2 amide bonds. The Labute approximate surface area is 184 Å². The minimum Gasteiger partial charge on any atom is -0.326 e. The molecule has 4 heteroatoms. The predicted octanol–water partition coefficient (Wildman–Crippen LogP) is 6.19. The van der Waals surface area contributed by atoms with Crippen LogP contribution in [0.2, 0.25) is 0 Å². The Morgan fingerprint density at radius 3 is 2.00 bits per heavy atom. The van der Waals surface area contributed by atoms with E-state index in [9.17, 15) is 9.59 Å². The normalized spacial score (nSPS) is 11.8. The van der Waals surface area contributed by atoms with Gasteiger partial charge in [-0.1, -0.05) is 55.8 Å². The first-order valence-electron chi connectivity index (χ1n) is 10.7. The average molecular weight is 415 g/mol. The molecule has 2 N–H and O–H groups in total. The minimum atomic E-state index is -0.256. The van der Waals surface area contributed by atoms with Gasteiger partial charge in [-0.25, -0.2) is 0 Å². The fourth-order valence-electron chi connectivity index (χ4n) is 3.44. The lowest BCUT2D eigenvalue weighted by molar-refractivity contribution is -0.117. The molecule has 31 heavy (non-hydrogen) atoms. The number of carbonyl (C=O) groups is 2. The maximum atomic E-state index is 12.7. The molecule has 0 heterocycles. The van der Waals surface area contributed by atoms with E-state index in [2.05, 4.69) is 36.6 Å². The molecule has 3 rings (SSSR count). The second-order valence-electron chi connectivity index (χ2n) is 8.45. The van der Waals surface area contributed by atoms with Crippen molar-refractivity contribution in [1.29, 1.82) is 0 Å². The first-order valence-corrected chi connectivity index (χ1v) is 10.7. The van der Waals surface area contributed by atoms with Crippen LogP contribution in [0.5, 0.6) is 0 Å². The first kappa shape index (κ1) is 22.3. The lowest BCUT2D eigenvalue weighted by atomic mass is 9.96. The van der Waals surface area contributed by atoms with Crippen LogP contribution in [0, 0.1) is 12.8 Å². The van der Waals surface area contributed by atoms with Crippen molar-refractivity contribution in [3.05, 3.63) is 95.1 Å². The summed E-state index contributed by atoms with van der Waals surface area (Å²) in [5.74, 6) is 0.133. The molecule has 4 nitrogen and oxygen atoms in total. The van der Waals surface area contributed by atoms with Gasteiger partial charge in [-0.2, -0.15) is 0 Å². The Balaban J connectivity index is 1.58. The van der Waals surface area contributed by atoms with Crippen molar-refractivity contribution in [1.82, 2.24) is 0 Å². The zero-order valence-electron chi connectivity index (χ0n) is 18.6. The maximum absolute atomic E-state index is 12.7. The number of carbonyl (C=O) groups excluding carboxylic acids is 2. The molecule has 3 aromatic rings. The highest BCUT2D eigenvalue weighted by molar-refractivity contribution is 6.04. The number of benzene rings is 3. The molecule has 0 aromatic heterocycles. The predicted molar refractivity (Wildman–Crippen MR) is 128 cm³/mol. The molecule has 0 fully saturated rings. The van der Waals surface area contributed by atoms with Gasteiger partial charge in [0.05, 0.1) is 5.92 Å². The van der Waals surface area contributed by atoms with Crippen LogP contribution in [0.15, 0.2) is 72.8 Å². The molecule has 0 radical (unpaired) electrons. The van der Waals surface area contributed by atoms with Crippen molar-refractivity contribution < 1.29 is 9.59 Å². The second-order valence-corrected chi connectivity index (χ2v) is 8.45. The summed E-state index contributed by atoms with van der Waals surface area (Å²) < 4.78 is 0. The molecule has 160 valence electrons. The highest BCUT2D eigenvalue weighted by Crippen LogP contribution is 2.21. The van der Waals surface area contributed by atoms with Crippen LogP contribution in [-0.2, 0) is 11.2 Å². The van der Waals surface area contributed by atoms with Crippen LogP contribution < -0.4 is 10.6 Å². The molecular formula is C27H30N2O2. The summed E-state index contributed by atoms with van der Waals surface area (Å²) in [6.07, 6.45) is 1.04. The third kappa shape index (κ3) is 6.29. The van der Waals surface area contributed by atoms with Crippen LogP contribution in [-0.4, -0.2) is 11.8 Å². The summed E-state index contributed by atoms with van der Waals surface area (Å²) in [5.41, 5.74) is 5.31. The second kappa shape index (κ2) is 10.1. The van der Waals surface area contributed by atoms with E-state index < -0.39 is 0 Å². The topological polar surface area (TPSA) is 58.2 Å². The third-order valence-electron chi connectivity index (χ3n) is 5.21. The van der Waals surface area contributed by atoms with E-state index in [0.29, 0.717) is 22.9 Å². The highest BCUT2D eigenvalue weighted by atomic mass is 16.2. The standard InChI is InChI=1S/C27H30N2O2/c1-18(2)16-21-8-10-22(11-9-21)20(4)26(30)28-24-12-14-25(15-13-24)29-27(31)23-7-5-6-19(3)17-23/h5-15,17-18,20H,16H2,1-4H3,(H,28,30)(H,29,31). The third-order valence-corrected chi connectivity index (χ3v) is 5.21. The van der Waals surface area contributed by atoms with E-state index in [1.54, 1.807) is 30.3 Å². The largest absolute Gasteiger partial charge is 0.326 e. The van der Waals surface area contributed by atoms with E-state index >= 15 is 0 Å². The number of hydrogen-bond acceptors (Lipinski definition) is 2. The number of amides is 2. The van der Waals surface area contributed by atoms with Crippen molar-refractivity contribution in [2.24, 2.45) is 5.92 Å². The maximum Gasteiger partial charge on any atom is 0.255 e. The van der Waals surface area contributed by atoms with Crippen LogP contribution in [0.3, 0.4) is 0 Å². The van der Waals surface area contributed by atoms with Crippen molar-refractivity contribution in [3.8, 4) is 0 Å². The summed E-state index contributed by atoms with van der Waals surface area (Å²) in [4.78, 5) is 25.1. The molecule has 0 bridgehead atoms. The molecule has 0 spiro atoms.